The molecule has 1 fully saturated rings. The molecule has 0 saturated carbocycles. The van der Waals surface area contributed by atoms with E-state index in [2.05, 4.69) is 29.3 Å². The number of carbonyl (C=O) groups is 1. The van der Waals surface area contributed by atoms with Gasteiger partial charge in [0.15, 0.2) is 0 Å². The Morgan fingerprint density at radius 3 is 2.71 bits per heavy atom. The standard InChI is InChI=1S/C16H24ClN3O/c1-2-19-11-13-3-4-15(14(17)9-13)20-7-5-12(6-8-20)10-16(18)21/h3-4,9,12,19H,2,5-8,10-11H2,1H3,(H2,18,21). The fourth-order valence-electron chi connectivity index (χ4n) is 2.85. The maximum absolute atomic E-state index is 11.0. The van der Waals surface area contributed by atoms with Crippen LogP contribution in [0.1, 0.15) is 31.7 Å². The highest BCUT2D eigenvalue weighted by Crippen LogP contribution is 2.31. The Balaban J connectivity index is 1.95. The van der Waals surface area contributed by atoms with Crippen molar-refractivity contribution in [2.45, 2.75) is 32.7 Å². The Bertz CT molecular complexity index is 484. The number of carbonyl (C=O) groups excluding carboxylic acids is 1. The molecule has 0 unspecified atom stereocenters. The lowest BCUT2D eigenvalue weighted by Crippen LogP contribution is -2.35. The van der Waals surface area contributed by atoms with Gasteiger partial charge in [0.1, 0.15) is 0 Å². The van der Waals surface area contributed by atoms with E-state index in [1.807, 2.05) is 6.07 Å². The number of rotatable bonds is 6. The molecule has 0 spiro atoms. The quantitative estimate of drug-likeness (QED) is 0.849. The van der Waals surface area contributed by atoms with Gasteiger partial charge in [0.05, 0.1) is 10.7 Å². The number of primary amides is 1. The van der Waals surface area contributed by atoms with Crippen molar-refractivity contribution < 1.29 is 4.79 Å². The first-order valence-corrected chi connectivity index (χ1v) is 8.00. The number of benzene rings is 1. The zero-order chi connectivity index (χ0) is 15.2. The molecule has 4 nitrogen and oxygen atoms in total. The number of nitrogens with one attached hydrogen (secondary N) is 1. The van der Waals surface area contributed by atoms with Crippen LogP contribution in [0.4, 0.5) is 5.69 Å². The summed E-state index contributed by atoms with van der Waals surface area (Å²) in [6.45, 7) is 5.75. The first-order chi connectivity index (χ1) is 10.1. The minimum Gasteiger partial charge on any atom is -0.370 e. The second-order valence-corrected chi connectivity index (χ2v) is 6.07. The number of hydrogen-bond donors (Lipinski definition) is 2. The summed E-state index contributed by atoms with van der Waals surface area (Å²) in [6, 6.07) is 6.26. The number of piperidine rings is 1. The Hall–Kier alpha value is -1.26. The van der Waals surface area contributed by atoms with Crippen molar-refractivity contribution in [3.8, 4) is 0 Å². The van der Waals surface area contributed by atoms with Crippen LogP contribution in [0.15, 0.2) is 18.2 Å². The molecule has 0 aromatic heterocycles. The Morgan fingerprint density at radius 2 is 2.14 bits per heavy atom. The van der Waals surface area contributed by atoms with Crippen LogP contribution in [-0.4, -0.2) is 25.5 Å². The fraction of sp³-hybridized carbons (Fsp3) is 0.562. The number of amides is 1. The molecule has 0 aliphatic carbocycles. The van der Waals surface area contributed by atoms with Crippen molar-refractivity contribution in [1.29, 1.82) is 0 Å². The molecule has 21 heavy (non-hydrogen) atoms. The molecular formula is C16H24ClN3O. The first kappa shape index (κ1) is 16.1. The van der Waals surface area contributed by atoms with Crippen LogP contribution in [0.25, 0.3) is 0 Å². The zero-order valence-electron chi connectivity index (χ0n) is 12.6. The number of hydrogen-bond acceptors (Lipinski definition) is 3. The predicted octanol–water partition coefficient (Wildman–Crippen LogP) is 2.54. The van der Waals surface area contributed by atoms with E-state index in [9.17, 15) is 4.79 Å². The van der Waals surface area contributed by atoms with Crippen molar-refractivity contribution in [3.63, 3.8) is 0 Å². The fourth-order valence-corrected chi connectivity index (χ4v) is 3.17. The van der Waals surface area contributed by atoms with Gasteiger partial charge in [-0.25, -0.2) is 0 Å². The number of nitrogens with two attached hydrogens (primary N) is 1. The molecule has 1 aromatic rings. The van der Waals surface area contributed by atoms with E-state index in [0.29, 0.717) is 12.3 Å². The van der Waals surface area contributed by atoms with E-state index in [0.717, 1.165) is 49.7 Å². The third-order valence-electron chi connectivity index (χ3n) is 4.04. The number of nitrogens with zero attached hydrogens (tertiary/aromatic N) is 1. The predicted molar refractivity (Wildman–Crippen MR) is 87.6 cm³/mol. The van der Waals surface area contributed by atoms with Gasteiger partial charge in [0.25, 0.3) is 0 Å². The van der Waals surface area contributed by atoms with Crippen molar-refractivity contribution in [3.05, 3.63) is 28.8 Å². The van der Waals surface area contributed by atoms with E-state index in [-0.39, 0.29) is 5.91 Å². The smallest absolute Gasteiger partial charge is 0.217 e. The first-order valence-electron chi connectivity index (χ1n) is 7.62. The van der Waals surface area contributed by atoms with Gasteiger partial charge in [-0.15, -0.1) is 0 Å². The summed E-state index contributed by atoms with van der Waals surface area (Å²) in [6.07, 6.45) is 2.50. The molecule has 1 aliphatic rings. The van der Waals surface area contributed by atoms with E-state index >= 15 is 0 Å². The van der Waals surface area contributed by atoms with Crippen LogP contribution >= 0.6 is 11.6 Å². The normalized spacial score (nSPS) is 16.2. The van der Waals surface area contributed by atoms with Crippen LogP contribution in [-0.2, 0) is 11.3 Å². The summed E-state index contributed by atoms with van der Waals surface area (Å²) in [5.74, 6) is 0.227. The highest BCUT2D eigenvalue weighted by atomic mass is 35.5. The second-order valence-electron chi connectivity index (χ2n) is 5.67. The van der Waals surface area contributed by atoms with Gasteiger partial charge in [-0.2, -0.15) is 0 Å². The zero-order valence-corrected chi connectivity index (χ0v) is 13.3. The van der Waals surface area contributed by atoms with Gasteiger partial charge in [0, 0.05) is 26.1 Å². The summed E-state index contributed by atoms with van der Waals surface area (Å²) < 4.78 is 0. The maximum Gasteiger partial charge on any atom is 0.217 e. The Labute approximate surface area is 131 Å². The van der Waals surface area contributed by atoms with Crippen LogP contribution in [0, 0.1) is 5.92 Å². The largest absolute Gasteiger partial charge is 0.370 e. The van der Waals surface area contributed by atoms with Crippen LogP contribution in [0.3, 0.4) is 0 Å². The summed E-state index contributed by atoms with van der Waals surface area (Å²) in [5, 5.41) is 4.10. The number of halogens is 1. The average molecular weight is 310 g/mol. The third-order valence-corrected chi connectivity index (χ3v) is 4.34. The molecule has 2 rings (SSSR count). The van der Waals surface area contributed by atoms with Crippen LogP contribution < -0.4 is 16.0 Å². The Kier molecular flexibility index (Phi) is 5.88. The summed E-state index contributed by atoms with van der Waals surface area (Å²) >= 11 is 6.42. The van der Waals surface area contributed by atoms with Crippen LogP contribution in [0.2, 0.25) is 5.02 Å². The molecular weight excluding hydrogens is 286 g/mol. The van der Waals surface area contributed by atoms with Gasteiger partial charge in [-0.05, 0) is 43.0 Å². The van der Waals surface area contributed by atoms with E-state index in [1.165, 1.54) is 5.56 Å². The van der Waals surface area contributed by atoms with Gasteiger partial charge in [-0.1, -0.05) is 24.6 Å². The topological polar surface area (TPSA) is 58.4 Å². The van der Waals surface area contributed by atoms with Crippen molar-refractivity contribution >= 4 is 23.2 Å². The lowest BCUT2D eigenvalue weighted by Gasteiger charge is -2.33. The SMILES string of the molecule is CCNCc1ccc(N2CCC(CC(N)=O)CC2)c(Cl)c1. The van der Waals surface area contributed by atoms with Gasteiger partial charge in [-0.3, -0.25) is 4.79 Å². The molecule has 5 heteroatoms. The van der Waals surface area contributed by atoms with Crippen molar-refractivity contribution in [2.75, 3.05) is 24.5 Å². The molecule has 0 bridgehead atoms. The maximum atomic E-state index is 11.0. The lowest BCUT2D eigenvalue weighted by molar-refractivity contribution is -0.119. The molecule has 0 radical (unpaired) electrons. The molecule has 116 valence electrons. The molecule has 0 atom stereocenters. The molecule has 1 aromatic carbocycles. The van der Waals surface area contributed by atoms with Gasteiger partial charge < -0.3 is 16.0 Å². The lowest BCUT2D eigenvalue weighted by atomic mass is 9.93. The summed E-state index contributed by atoms with van der Waals surface area (Å²) in [7, 11) is 0. The van der Waals surface area contributed by atoms with E-state index in [4.69, 9.17) is 17.3 Å². The molecule has 1 saturated heterocycles. The van der Waals surface area contributed by atoms with Crippen molar-refractivity contribution in [1.82, 2.24) is 5.32 Å². The summed E-state index contributed by atoms with van der Waals surface area (Å²) in [5.41, 5.74) is 7.57. The van der Waals surface area contributed by atoms with E-state index < -0.39 is 0 Å². The molecule has 1 heterocycles. The third kappa shape index (κ3) is 4.61. The van der Waals surface area contributed by atoms with Crippen LogP contribution in [0.5, 0.6) is 0 Å². The Morgan fingerprint density at radius 1 is 1.43 bits per heavy atom. The van der Waals surface area contributed by atoms with Gasteiger partial charge >= 0.3 is 0 Å². The van der Waals surface area contributed by atoms with Gasteiger partial charge in [0.2, 0.25) is 5.91 Å². The molecule has 1 aliphatic heterocycles. The van der Waals surface area contributed by atoms with Crippen molar-refractivity contribution in [2.24, 2.45) is 11.7 Å². The molecule has 3 N–H and O–H groups in total. The minimum atomic E-state index is -0.195. The monoisotopic (exact) mass is 309 g/mol. The second kappa shape index (κ2) is 7.66. The number of anilines is 1. The summed E-state index contributed by atoms with van der Waals surface area (Å²) in [4.78, 5) is 13.3. The highest BCUT2D eigenvalue weighted by Gasteiger charge is 2.22. The minimum absolute atomic E-state index is 0.195. The average Bonchev–Trinajstić information content (AvgIpc) is 2.46. The van der Waals surface area contributed by atoms with E-state index in [1.54, 1.807) is 0 Å². The highest BCUT2D eigenvalue weighted by molar-refractivity contribution is 6.33. The molecule has 1 amide bonds.